The van der Waals surface area contributed by atoms with Crippen molar-refractivity contribution >= 4 is 27.5 Å². The van der Waals surface area contributed by atoms with E-state index in [2.05, 4.69) is 49.7 Å². The van der Waals surface area contributed by atoms with Crippen LogP contribution in [0.5, 0.6) is 5.75 Å². The molecular formula is C39H58ClFN4O4S. The van der Waals surface area contributed by atoms with Gasteiger partial charge in [0.25, 0.3) is 0 Å². The first-order valence-electron chi connectivity index (χ1n) is 18.2. The van der Waals surface area contributed by atoms with E-state index in [0.717, 1.165) is 36.9 Å². The van der Waals surface area contributed by atoms with E-state index in [1.807, 2.05) is 38.4 Å². The lowest BCUT2D eigenvalue weighted by Gasteiger charge is -2.38. The maximum Gasteiger partial charge on any atom is 0.238 e. The number of hydrogen-bond donors (Lipinski definition) is 1. The Morgan fingerprint density at radius 3 is 2.44 bits per heavy atom. The van der Waals surface area contributed by atoms with Gasteiger partial charge < -0.3 is 15.0 Å². The van der Waals surface area contributed by atoms with Crippen molar-refractivity contribution in [1.29, 1.82) is 0 Å². The monoisotopic (exact) mass is 732 g/mol. The highest BCUT2D eigenvalue weighted by Crippen LogP contribution is 2.51. The topological polar surface area (TPSA) is 82.2 Å². The van der Waals surface area contributed by atoms with Gasteiger partial charge in [-0.15, -0.1) is 0 Å². The second-order valence-corrected chi connectivity index (χ2v) is 19.3. The molecule has 1 N–H and O–H groups in total. The van der Waals surface area contributed by atoms with Crippen molar-refractivity contribution in [3.63, 3.8) is 0 Å². The predicted octanol–water partition coefficient (Wildman–Crippen LogP) is 6.95. The molecule has 2 aromatic rings. The lowest BCUT2D eigenvalue weighted by Crippen LogP contribution is -2.52. The Bertz CT molecular complexity index is 1610. The standard InChI is InChI=1S/C39H58ClFN4O4S/c1-25(2)35-28-12-13-29(19-28)37(35)42-38(46)33-16-17-50(47,48)45(33)22-27-11-9-10-26(18-27)21-44(30(23-43(6)7)20-39(3,4)5)24-31-32(40)14-15-34(49-8)36(31)41/h9-11,14-15,18,25,28-30,33,35,37H,12-13,16-17,19-24H2,1-8H3,(H,42,46)/t28-,29-,30-,33?,35+,37+/m0/s1. The summed E-state index contributed by atoms with van der Waals surface area (Å²) in [6.07, 6.45) is 4.67. The number of methoxy groups -OCH3 is 1. The first-order valence-corrected chi connectivity index (χ1v) is 20.2. The SMILES string of the molecule is COc1ccc(Cl)c(CN(Cc2cccc(CN3C(C(=O)N[C@@H]4[C@H]5CC[C@@H](C5)[C@H]4C(C)C)CCS3(=O)=O)c2)[C@H](CN(C)C)CC(C)(C)C)c1F. The van der Waals surface area contributed by atoms with Crippen molar-refractivity contribution in [2.75, 3.05) is 33.5 Å². The molecule has 8 nitrogen and oxygen atoms in total. The third-order valence-electron chi connectivity index (χ3n) is 11.1. The lowest BCUT2D eigenvalue weighted by molar-refractivity contribution is -0.126. The smallest absolute Gasteiger partial charge is 0.238 e. The number of carbonyl (C=O) groups excluding carboxylic acids is 1. The Hall–Kier alpha value is -2.24. The van der Waals surface area contributed by atoms with Gasteiger partial charge in [-0.3, -0.25) is 9.69 Å². The fraction of sp³-hybridized carbons (Fsp3) is 0.667. The molecule has 0 spiro atoms. The van der Waals surface area contributed by atoms with Crippen LogP contribution in [0.25, 0.3) is 0 Å². The predicted molar refractivity (Wildman–Crippen MR) is 199 cm³/mol. The summed E-state index contributed by atoms with van der Waals surface area (Å²) in [5, 5.41) is 3.70. The van der Waals surface area contributed by atoms with E-state index in [9.17, 15) is 13.2 Å². The van der Waals surface area contributed by atoms with Crippen molar-refractivity contribution in [2.24, 2.45) is 29.1 Å². The minimum Gasteiger partial charge on any atom is -0.494 e. The average Bonchev–Trinajstić information content (AvgIpc) is 3.71. The van der Waals surface area contributed by atoms with Crippen molar-refractivity contribution in [1.82, 2.24) is 19.4 Å². The Balaban J connectivity index is 1.39. The van der Waals surface area contributed by atoms with Crippen molar-refractivity contribution in [2.45, 2.75) is 104 Å². The van der Waals surface area contributed by atoms with Crippen LogP contribution in [0.1, 0.15) is 83.4 Å². The molecule has 2 aliphatic carbocycles. The summed E-state index contributed by atoms with van der Waals surface area (Å²) < 4.78 is 49.2. The second-order valence-electron chi connectivity index (χ2n) is 16.8. The lowest BCUT2D eigenvalue weighted by atomic mass is 9.77. The Labute approximate surface area is 305 Å². The summed E-state index contributed by atoms with van der Waals surface area (Å²) in [6.45, 7) is 12.7. The molecule has 1 amide bonds. The van der Waals surface area contributed by atoms with Gasteiger partial charge in [-0.05, 0) is 98.5 Å². The highest BCUT2D eigenvalue weighted by Gasteiger charge is 2.50. The van der Waals surface area contributed by atoms with E-state index >= 15 is 4.39 Å². The van der Waals surface area contributed by atoms with Crippen molar-refractivity contribution < 1.29 is 22.3 Å². The van der Waals surface area contributed by atoms with E-state index in [4.69, 9.17) is 16.3 Å². The summed E-state index contributed by atoms with van der Waals surface area (Å²) in [4.78, 5) is 18.2. The number of sulfonamides is 1. The minimum atomic E-state index is -3.60. The number of amides is 1. The number of hydrogen-bond acceptors (Lipinski definition) is 6. The summed E-state index contributed by atoms with van der Waals surface area (Å²) in [5.74, 6) is 1.53. The molecule has 278 valence electrons. The van der Waals surface area contributed by atoms with Crippen LogP contribution in [0.2, 0.25) is 5.02 Å². The van der Waals surface area contributed by atoms with Crippen molar-refractivity contribution in [3.8, 4) is 5.75 Å². The Kier molecular flexibility index (Phi) is 12.3. The van der Waals surface area contributed by atoms with Crippen LogP contribution in [0.4, 0.5) is 4.39 Å². The van der Waals surface area contributed by atoms with Gasteiger partial charge in [0.2, 0.25) is 15.9 Å². The van der Waals surface area contributed by atoms with Crippen LogP contribution in [0.15, 0.2) is 36.4 Å². The fourth-order valence-electron chi connectivity index (χ4n) is 9.03. The summed E-state index contributed by atoms with van der Waals surface area (Å²) in [6, 6.07) is 10.6. The number of halogens is 2. The van der Waals surface area contributed by atoms with Crippen LogP contribution in [-0.2, 0) is 34.5 Å². The first-order chi connectivity index (χ1) is 23.5. The summed E-state index contributed by atoms with van der Waals surface area (Å²) in [5.41, 5.74) is 2.17. The number of nitrogens with one attached hydrogen (secondary N) is 1. The van der Waals surface area contributed by atoms with Crippen LogP contribution >= 0.6 is 11.6 Å². The van der Waals surface area contributed by atoms with Gasteiger partial charge in [-0.2, -0.15) is 4.31 Å². The van der Waals surface area contributed by atoms with Gasteiger partial charge in [0.1, 0.15) is 6.04 Å². The molecule has 5 rings (SSSR count). The van der Waals surface area contributed by atoms with E-state index in [1.165, 1.54) is 17.8 Å². The van der Waals surface area contributed by atoms with Crippen LogP contribution in [0, 0.1) is 34.9 Å². The number of fused-ring (bicyclic) bond motifs is 2. The molecule has 2 bridgehead atoms. The zero-order valence-electron chi connectivity index (χ0n) is 31.2. The van der Waals surface area contributed by atoms with Gasteiger partial charge >= 0.3 is 0 Å². The molecule has 6 atom stereocenters. The van der Waals surface area contributed by atoms with Crippen LogP contribution in [0.3, 0.4) is 0 Å². The van der Waals surface area contributed by atoms with Gasteiger partial charge in [-0.25, -0.2) is 12.8 Å². The second kappa shape index (κ2) is 15.8. The molecule has 0 aromatic heterocycles. The van der Waals surface area contributed by atoms with Gasteiger partial charge in [-0.1, -0.05) is 70.5 Å². The van der Waals surface area contributed by atoms with Gasteiger partial charge in [0.15, 0.2) is 11.6 Å². The van der Waals surface area contributed by atoms with Crippen LogP contribution < -0.4 is 10.1 Å². The molecule has 1 unspecified atom stereocenters. The van der Waals surface area contributed by atoms with Gasteiger partial charge in [0.05, 0.1) is 12.9 Å². The van der Waals surface area contributed by atoms with Crippen molar-refractivity contribution in [3.05, 3.63) is 63.9 Å². The molecule has 11 heteroatoms. The molecule has 3 aliphatic rings. The Morgan fingerprint density at radius 1 is 1.08 bits per heavy atom. The number of nitrogens with zero attached hydrogens (tertiary/aromatic N) is 3. The molecular weight excluding hydrogens is 675 g/mol. The number of likely N-dealkylation sites (N-methyl/N-ethyl adjacent to an activating group) is 1. The number of carbonyl (C=O) groups is 1. The van der Waals surface area contributed by atoms with Gasteiger partial charge in [0, 0.05) is 48.8 Å². The maximum atomic E-state index is 15.7. The third-order valence-corrected chi connectivity index (χ3v) is 13.3. The molecule has 2 aromatic carbocycles. The maximum absolute atomic E-state index is 15.7. The van der Waals surface area contributed by atoms with E-state index < -0.39 is 21.9 Å². The normalized spacial score (nSPS) is 25.6. The largest absolute Gasteiger partial charge is 0.494 e. The Morgan fingerprint density at radius 2 is 1.78 bits per heavy atom. The zero-order valence-corrected chi connectivity index (χ0v) is 32.8. The van der Waals surface area contributed by atoms with E-state index in [-0.39, 0.29) is 48.0 Å². The zero-order chi connectivity index (χ0) is 36.5. The minimum absolute atomic E-state index is 0.00439. The first kappa shape index (κ1) is 39.0. The fourth-order valence-corrected chi connectivity index (χ4v) is 10.9. The number of ether oxygens (including phenoxy) is 1. The summed E-state index contributed by atoms with van der Waals surface area (Å²) >= 11 is 6.60. The molecule has 1 saturated heterocycles. The average molecular weight is 733 g/mol. The third kappa shape index (κ3) is 9.03. The molecule has 0 radical (unpaired) electrons. The molecule has 50 heavy (non-hydrogen) atoms. The van der Waals surface area contributed by atoms with E-state index in [1.54, 1.807) is 12.1 Å². The number of rotatable bonds is 14. The van der Waals surface area contributed by atoms with E-state index in [0.29, 0.717) is 47.2 Å². The summed E-state index contributed by atoms with van der Waals surface area (Å²) in [7, 11) is 1.92. The van der Waals surface area contributed by atoms with Crippen LogP contribution in [-0.4, -0.2) is 80.1 Å². The molecule has 1 heterocycles. The molecule has 2 saturated carbocycles. The quantitative estimate of drug-likeness (QED) is 0.227. The highest BCUT2D eigenvalue weighted by atomic mass is 35.5. The molecule has 1 aliphatic heterocycles. The number of benzene rings is 2. The molecule has 3 fully saturated rings. The highest BCUT2D eigenvalue weighted by molar-refractivity contribution is 7.89.